The summed E-state index contributed by atoms with van der Waals surface area (Å²) >= 11 is 0. The van der Waals surface area contributed by atoms with Crippen LogP contribution in [0.5, 0.6) is 11.5 Å². The van der Waals surface area contributed by atoms with E-state index in [1.807, 2.05) is 25.2 Å². The summed E-state index contributed by atoms with van der Waals surface area (Å²) in [4.78, 5) is 18.3. The Morgan fingerprint density at radius 3 is 2.13 bits per heavy atom. The molecule has 11 nitrogen and oxygen atoms in total. The van der Waals surface area contributed by atoms with Gasteiger partial charge >= 0.3 is 0 Å². The fourth-order valence-corrected chi connectivity index (χ4v) is 3.50. The van der Waals surface area contributed by atoms with Crippen molar-refractivity contribution in [2.45, 2.75) is 0 Å². The maximum absolute atomic E-state index is 5.47. The third-order valence-corrected chi connectivity index (χ3v) is 5.25. The summed E-state index contributed by atoms with van der Waals surface area (Å²) in [6.07, 6.45) is 1.74. The van der Waals surface area contributed by atoms with Crippen molar-refractivity contribution in [1.82, 2.24) is 15.0 Å². The predicted octanol–water partition coefficient (Wildman–Crippen LogP) is 0.744. The smallest absolute Gasteiger partial charge is 0.252 e. The molecule has 1 aromatic carbocycles. The molecule has 0 unspecified atom stereocenters. The normalized spacial score (nSPS) is 18.6. The monoisotopic (exact) mass is 427 g/mol. The van der Waals surface area contributed by atoms with Gasteiger partial charge < -0.3 is 28.7 Å². The fourth-order valence-electron chi connectivity index (χ4n) is 3.50. The minimum atomic E-state index is 0.245. The minimum absolute atomic E-state index is 0.245. The first-order valence-electron chi connectivity index (χ1n) is 10.3. The summed E-state index contributed by atoms with van der Waals surface area (Å²) in [6, 6.07) is 5.70. The molecule has 1 aromatic heterocycles. The highest BCUT2D eigenvalue weighted by Gasteiger charge is 2.22. The van der Waals surface area contributed by atoms with Crippen LogP contribution >= 0.6 is 0 Å². The molecule has 3 aliphatic rings. The highest BCUT2D eigenvalue weighted by Crippen LogP contribution is 2.32. The van der Waals surface area contributed by atoms with Crippen molar-refractivity contribution in [2.24, 2.45) is 5.10 Å². The SMILES string of the molecule is CN(/N=C/c1ccc2c(c1)OCO2)c1nc(N2CCOCC2)nc(N2CCOCC2)n1. The van der Waals surface area contributed by atoms with Crippen LogP contribution in [0.1, 0.15) is 5.56 Å². The standard InChI is InChI=1S/C20H25N7O4/c1-25(21-13-15-2-3-16-17(12-15)31-14-30-16)18-22-19(26-4-8-28-9-5-26)24-20(23-18)27-6-10-29-11-7-27/h2-3,12-13H,4-11,14H2,1H3/b21-13+. The fraction of sp³-hybridized carbons (Fsp3) is 0.500. The largest absolute Gasteiger partial charge is 0.454 e. The Hall–Kier alpha value is -3.18. The maximum Gasteiger partial charge on any atom is 0.252 e. The Morgan fingerprint density at radius 2 is 1.48 bits per heavy atom. The lowest BCUT2D eigenvalue weighted by atomic mass is 10.2. The van der Waals surface area contributed by atoms with E-state index in [4.69, 9.17) is 23.9 Å². The Kier molecular flexibility index (Phi) is 5.67. The zero-order valence-corrected chi connectivity index (χ0v) is 17.4. The van der Waals surface area contributed by atoms with Gasteiger partial charge in [0.25, 0.3) is 5.95 Å². The van der Waals surface area contributed by atoms with Crippen LogP contribution in [0.25, 0.3) is 0 Å². The first kappa shape index (κ1) is 19.8. The molecule has 0 atom stereocenters. The molecule has 0 N–H and O–H groups in total. The van der Waals surface area contributed by atoms with Gasteiger partial charge in [0.1, 0.15) is 0 Å². The van der Waals surface area contributed by atoms with E-state index in [-0.39, 0.29) is 6.79 Å². The highest BCUT2D eigenvalue weighted by atomic mass is 16.7. The predicted molar refractivity (Wildman–Crippen MR) is 114 cm³/mol. The summed E-state index contributed by atoms with van der Waals surface area (Å²) < 4.78 is 21.7. The quantitative estimate of drug-likeness (QED) is 0.502. The van der Waals surface area contributed by atoms with E-state index < -0.39 is 0 Å². The van der Waals surface area contributed by atoms with Gasteiger partial charge in [-0.15, -0.1) is 0 Å². The van der Waals surface area contributed by atoms with Crippen molar-refractivity contribution in [3.8, 4) is 11.5 Å². The van der Waals surface area contributed by atoms with Crippen molar-refractivity contribution in [1.29, 1.82) is 0 Å². The molecule has 0 bridgehead atoms. The minimum Gasteiger partial charge on any atom is -0.454 e. The molecule has 2 saturated heterocycles. The molecule has 31 heavy (non-hydrogen) atoms. The van der Waals surface area contributed by atoms with E-state index in [2.05, 4.69) is 24.9 Å². The van der Waals surface area contributed by atoms with Crippen molar-refractivity contribution < 1.29 is 18.9 Å². The number of morpholine rings is 2. The second-order valence-corrected chi connectivity index (χ2v) is 7.32. The second-order valence-electron chi connectivity index (χ2n) is 7.32. The summed E-state index contributed by atoms with van der Waals surface area (Å²) in [5.74, 6) is 3.22. The van der Waals surface area contributed by atoms with Crippen LogP contribution in [-0.2, 0) is 9.47 Å². The number of rotatable bonds is 5. The molecule has 3 aliphatic heterocycles. The van der Waals surface area contributed by atoms with Crippen molar-refractivity contribution in [3.63, 3.8) is 0 Å². The van der Waals surface area contributed by atoms with E-state index in [0.717, 1.165) is 43.2 Å². The number of hydrogen-bond acceptors (Lipinski definition) is 11. The lowest BCUT2D eigenvalue weighted by Crippen LogP contribution is -2.40. The van der Waals surface area contributed by atoms with Gasteiger partial charge in [-0.25, -0.2) is 5.01 Å². The van der Waals surface area contributed by atoms with Crippen LogP contribution in [0.4, 0.5) is 17.8 Å². The van der Waals surface area contributed by atoms with Crippen molar-refractivity contribution in [2.75, 3.05) is 81.3 Å². The lowest BCUT2D eigenvalue weighted by Gasteiger charge is -2.30. The number of nitrogens with zero attached hydrogens (tertiary/aromatic N) is 7. The van der Waals surface area contributed by atoms with Gasteiger partial charge in [-0.3, -0.25) is 0 Å². The van der Waals surface area contributed by atoms with Crippen LogP contribution in [0, 0.1) is 0 Å². The molecule has 4 heterocycles. The van der Waals surface area contributed by atoms with Gasteiger partial charge in [0.05, 0.1) is 32.6 Å². The van der Waals surface area contributed by atoms with E-state index in [1.54, 1.807) is 11.2 Å². The van der Waals surface area contributed by atoms with Crippen LogP contribution < -0.4 is 24.3 Å². The van der Waals surface area contributed by atoms with Crippen LogP contribution in [-0.4, -0.2) is 87.6 Å². The van der Waals surface area contributed by atoms with Crippen LogP contribution in [0.2, 0.25) is 0 Å². The molecule has 164 valence electrons. The summed E-state index contributed by atoms with van der Waals surface area (Å²) in [7, 11) is 1.82. The van der Waals surface area contributed by atoms with Gasteiger partial charge in [0, 0.05) is 33.2 Å². The van der Waals surface area contributed by atoms with E-state index >= 15 is 0 Å². The number of fused-ring (bicyclic) bond motifs is 1. The van der Waals surface area contributed by atoms with Gasteiger partial charge in [-0.1, -0.05) is 0 Å². The summed E-state index contributed by atoms with van der Waals surface area (Å²) in [5, 5.41) is 6.19. The van der Waals surface area contributed by atoms with E-state index in [1.165, 1.54) is 0 Å². The van der Waals surface area contributed by atoms with E-state index in [0.29, 0.717) is 44.3 Å². The number of hydrogen-bond donors (Lipinski definition) is 0. The lowest BCUT2D eigenvalue weighted by molar-refractivity contribution is 0.121. The first-order chi connectivity index (χ1) is 15.3. The summed E-state index contributed by atoms with van der Waals surface area (Å²) in [6.45, 7) is 5.87. The Bertz CT molecular complexity index is 909. The topological polar surface area (TPSA) is 97.7 Å². The molecule has 2 fully saturated rings. The molecule has 5 rings (SSSR count). The molecule has 0 saturated carbocycles. The number of ether oxygens (including phenoxy) is 4. The second kappa shape index (κ2) is 8.90. The molecular formula is C20H25N7O4. The van der Waals surface area contributed by atoms with Gasteiger partial charge in [-0.2, -0.15) is 20.1 Å². The maximum atomic E-state index is 5.47. The number of benzene rings is 1. The van der Waals surface area contributed by atoms with Crippen molar-refractivity contribution in [3.05, 3.63) is 23.8 Å². The number of aromatic nitrogens is 3. The third kappa shape index (κ3) is 4.47. The van der Waals surface area contributed by atoms with Gasteiger partial charge in [0.2, 0.25) is 18.7 Å². The average Bonchev–Trinajstić information content (AvgIpc) is 3.31. The Labute approximate surface area is 180 Å². The first-order valence-corrected chi connectivity index (χ1v) is 10.3. The molecule has 0 amide bonds. The number of anilines is 3. The van der Waals surface area contributed by atoms with Gasteiger partial charge in [-0.05, 0) is 23.8 Å². The average molecular weight is 427 g/mol. The highest BCUT2D eigenvalue weighted by molar-refractivity contribution is 5.81. The van der Waals surface area contributed by atoms with E-state index in [9.17, 15) is 0 Å². The summed E-state index contributed by atoms with van der Waals surface area (Å²) in [5.41, 5.74) is 0.895. The van der Waals surface area contributed by atoms with Gasteiger partial charge in [0.15, 0.2) is 11.5 Å². The molecule has 0 aliphatic carbocycles. The number of hydrazone groups is 1. The van der Waals surface area contributed by atoms with Crippen LogP contribution in [0.3, 0.4) is 0 Å². The zero-order chi connectivity index (χ0) is 21.0. The molecule has 0 radical (unpaired) electrons. The molecule has 2 aromatic rings. The molecule has 11 heteroatoms. The van der Waals surface area contributed by atoms with Crippen LogP contribution in [0.15, 0.2) is 23.3 Å². The molecule has 0 spiro atoms. The Morgan fingerprint density at radius 1 is 0.871 bits per heavy atom. The van der Waals surface area contributed by atoms with Crippen molar-refractivity contribution >= 4 is 24.1 Å². The zero-order valence-electron chi connectivity index (χ0n) is 17.4. The molecular weight excluding hydrogens is 402 g/mol. The Balaban J connectivity index is 1.40. The third-order valence-electron chi connectivity index (χ3n) is 5.25.